The first-order valence-electron chi connectivity index (χ1n) is 6.55. The van der Waals surface area contributed by atoms with Crippen LogP contribution in [-0.2, 0) is 15.6 Å². The van der Waals surface area contributed by atoms with Gasteiger partial charge in [-0.2, -0.15) is 0 Å². The third kappa shape index (κ3) is 6.56. The third-order valence-electron chi connectivity index (χ3n) is 2.48. The Hall–Kier alpha value is -1.56. The van der Waals surface area contributed by atoms with Gasteiger partial charge < -0.3 is 14.6 Å². The maximum Gasteiger partial charge on any atom is 0.303 e. The Morgan fingerprint density at radius 1 is 1.20 bits per heavy atom. The van der Waals surface area contributed by atoms with E-state index in [1.807, 2.05) is 25.1 Å². The fourth-order valence-corrected chi connectivity index (χ4v) is 2.51. The summed E-state index contributed by atoms with van der Waals surface area (Å²) >= 11 is 0. The van der Waals surface area contributed by atoms with Gasteiger partial charge in [-0.3, -0.25) is 9.00 Å². The normalized spacial score (nSPS) is 11.8. The number of benzene rings is 1. The van der Waals surface area contributed by atoms with E-state index >= 15 is 0 Å². The SMILES string of the molecule is CCOc1ccccc1OCCS(=O)CCCC(=O)O. The predicted octanol–water partition coefficient (Wildman–Crippen LogP) is 2.08. The predicted molar refractivity (Wildman–Crippen MR) is 77.9 cm³/mol. The van der Waals surface area contributed by atoms with Crippen LogP contribution < -0.4 is 9.47 Å². The Labute approximate surface area is 121 Å². The molecule has 112 valence electrons. The molecule has 1 atom stereocenters. The second kappa shape index (κ2) is 9.36. The van der Waals surface area contributed by atoms with Crippen LogP contribution in [0.15, 0.2) is 24.3 Å². The number of carboxylic acid groups (broad SMARTS) is 1. The lowest BCUT2D eigenvalue weighted by molar-refractivity contribution is -0.137. The lowest BCUT2D eigenvalue weighted by Crippen LogP contribution is -2.12. The molecule has 0 aliphatic carbocycles. The summed E-state index contributed by atoms with van der Waals surface area (Å²) in [7, 11) is -1.05. The van der Waals surface area contributed by atoms with Gasteiger partial charge in [-0.1, -0.05) is 12.1 Å². The number of hydrogen-bond donors (Lipinski definition) is 1. The number of carboxylic acids is 1. The topological polar surface area (TPSA) is 72.8 Å². The molecule has 5 nitrogen and oxygen atoms in total. The van der Waals surface area contributed by atoms with Crippen molar-refractivity contribution in [3.8, 4) is 11.5 Å². The molecule has 0 radical (unpaired) electrons. The van der Waals surface area contributed by atoms with E-state index in [-0.39, 0.29) is 6.42 Å². The molecule has 0 amide bonds. The first-order chi connectivity index (χ1) is 9.63. The number of hydrogen-bond acceptors (Lipinski definition) is 4. The minimum Gasteiger partial charge on any atom is -0.490 e. The summed E-state index contributed by atoms with van der Waals surface area (Å²) in [6.07, 6.45) is 0.483. The van der Waals surface area contributed by atoms with Gasteiger partial charge in [0.2, 0.25) is 0 Å². The van der Waals surface area contributed by atoms with E-state index in [9.17, 15) is 9.00 Å². The molecule has 1 aromatic rings. The number of aliphatic carboxylic acids is 1. The summed E-state index contributed by atoms with van der Waals surface area (Å²) in [4.78, 5) is 10.3. The molecule has 6 heteroatoms. The standard InChI is InChI=1S/C14H20O5S/c1-2-18-12-6-3-4-7-13(12)19-9-11-20(17)10-5-8-14(15)16/h3-4,6-7H,2,5,8-11H2,1H3,(H,15,16). The van der Waals surface area contributed by atoms with Crippen molar-refractivity contribution in [3.63, 3.8) is 0 Å². The van der Waals surface area contributed by atoms with E-state index in [4.69, 9.17) is 14.6 Å². The van der Waals surface area contributed by atoms with Crippen molar-refractivity contribution in [2.45, 2.75) is 19.8 Å². The van der Waals surface area contributed by atoms with Gasteiger partial charge in [-0.05, 0) is 25.5 Å². The van der Waals surface area contributed by atoms with E-state index in [1.165, 1.54) is 0 Å². The Bertz CT molecular complexity index is 447. The first-order valence-corrected chi connectivity index (χ1v) is 8.03. The summed E-state index contributed by atoms with van der Waals surface area (Å²) < 4.78 is 22.6. The molecule has 1 N–H and O–H groups in total. The molecule has 0 aliphatic rings. The molecule has 0 aromatic heterocycles. The molecule has 1 rings (SSSR count). The molecular weight excluding hydrogens is 280 g/mol. The zero-order valence-corrected chi connectivity index (χ0v) is 12.4. The van der Waals surface area contributed by atoms with Gasteiger partial charge in [-0.15, -0.1) is 0 Å². The van der Waals surface area contributed by atoms with Gasteiger partial charge in [0.25, 0.3) is 0 Å². The first kappa shape index (κ1) is 16.5. The molecule has 0 spiro atoms. The highest BCUT2D eigenvalue weighted by atomic mass is 32.2. The number of rotatable bonds is 10. The summed E-state index contributed by atoms with van der Waals surface area (Å²) in [5, 5.41) is 8.49. The summed E-state index contributed by atoms with van der Waals surface area (Å²) in [6, 6.07) is 7.34. The molecule has 1 unspecified atom stereocenters. The van der Waals surface area contributed by atoms with E-state index in [2.05, 4.69) is 0 Å². The highest BCUT2D eigenvalue weighted by molar-refractivity contribution is 7.84. The Kier molecular flexibility index (Phi) is 7.72. The largest absolute Gasteiger partial charge is 0.490 e. The van der Waals surface area contributed by atoms with Crippen LogP contribution in [0.1, 0.15) is 19.8 Å². The van der Waals surface area contributed by atoms with Crippen molar-refractivity contribution in [3.05, 3.63) is 24.3 Å². The van der Waals surface area contributed by atoms with E-state index < -0.39 is 16.8 Å². The molecule has 0 heterocycles. The van der Waals surface area contributed by atoms with Gasteiger partial charge in [0.15, 0.2) is 11.5 Å². The van der Waals surface area contributed by atoms with Crippen LogP contribution in [0.4, 0.5) is 0 Å². The van der Waals surface area contributed by atoms with Gasteiger partial charge in [-0.25, -0.2) is 0 Å². The Balaban J connectivity index is 2.30. The summed E-state index contributed by atoms with van der Waals surface area (Å²) in [5.41, 5.74) is 0. The van der Waals surface area contributed by atoms with Crippen LogP contribution in [0.2, 0.25) is 0 Å². The van der Waals surface area contributed by atoms with Gasteiger partial charge >= 0.3 is 5.97 Å². The van der Waals surface area contributed by atoms with E-state index in [0.29, 0.717) is 42.6 Å². The number of ether oxygens (including phenoxy) is 2. The second-order valence-corrected chi connectivity index (χ2v) is 5.77. The summed E-state index contributed by atoms with van der Waals surface area (Å²) in [6.45, 7) is 2.78. The van der Waals surface area contributed by atoms with Gasteiger partial charge in [0, 0.05) is 23.0 Å². The van der Waals surface area contributed by atoms with Crippen LogP contribution in [0.3, 0.4) is 0 Å². The molecule has 0 fully saturated rings. The van der Waals surface area contributed by atoms with Crippen molar-refractivity contribution in [1.29, 1.82) is 0 Å². The molecule has 20 heavy (non-hydrogen) atoms. The molecular formula is C14H20O5S. The van der Waals surface area contributed by atoms with Crippen molar-refractivity contribution >= 4 is 16.8 Å². The average molecular weight is 300 g/mol. The molecule has 0 bridgehead atoms. The number of para-hydroxylation sites is 2. The van der Waals surface area contributed by atoms with Crippen molar-refractivity contribution in [1.82, 2.24) is 0 Å². The van der Waals surface area contributed by atoms with Crippen molar-refractivity contribution < 1.29 is 23.6 Å². The lowest BCUT2D eigenvalue weighted by Gasteiger charge is -2.11. The molecule has 0 saturated carbocycles. The van der Waals surface area contributed by atoms with Crippen molar-refractivity contribution in [2.24, 2.45) is 0 Å². The van der Waals surface area contributed by atoms with Crippen LogP contribution in [0, 0.1) is 0 Å². The Morgan fingerprint density at radius 3 is 2.45 bits per heavy atom. The monoisotopic (exact) mass is 300 g/mol. The lowest BCUT2D eigenvalue weighted by atomic mass is 10.3. The highest BCUT2D eigenvalue weighted by Crippen LogP contribution is 2.26. The van der Waals surface area contributed by atoms with Crippen LogP contribution in [0.5, 0.6) is 11.5 Å². The highest BCUT2D eigenvalue weighted by Gasteiger charge is 2.06. The maximum absolute atomic E-state index is 11.6. The van der Waals surface area contributed by atoms with E-state index in [0.717, 1.165) is 0 Å². The molecule has 1 aromatic carbocycles. The summed E-state index contributed by atoms with van der Waals surface area (Å²) in [5.74, 6) is 1.23. The number of carbonyl (C=O) groups is 1. The fraction of sp³-hybridized carbons (Fsp3) is 0.500. The van der Waals surface area contributed by atoms with Crippen LogP contribution in [0.25, 0.3) is 0 Å². The second-order valence-electron chi connectivity index (χ2n) is 4.07. The van der Waals surface area contributed by atoms with Gasteiger partial charge in [0.05, 0.1) is 19.0 Å². The molecule has 0 aliphatic heterocycles. The maximum atomic E-state index is 11.6. The zero-order valence-electron chi connectivity index (χ0n) is 11.5. The third-order valence-corrected chi connectivity index (χ3v) is 3.85. The molecule has 0 saturated heterocycles. The van der Waals surface area contributed by atoms with Gasteiger partial charge in [0.1, 0.15) is 0 Å². The smallest absolute Gasteiger partial charge is 0.303 e. The quantitative estimate of drug-likeness (QED) is 0.716. The van der Waals surface area contributed by atoms with Crippen LogP contribution in [-0.4, -0.2) is 40.0 Å². The van der Waals surface area contributed by atoms with E-state index in [1.54, 1.807) is 6.07 Å². The minimum atomic E-state index is -1.05. The average Bonchev–Trinajstić information content (AvgIpc) is 2.40. The minimum absolute atomic E-state index is 0.0553. The Morgan fingerprint density at radius 2 is 1.85 bits per heavy atom. The zero-order chi connectivity index (χ0) is 14.8. The fourth-order valence-electron chi connectivity index (χ4n) is 1.58. The van der Waals surface area contributed by atoms with Crippen molar-refractivity contribution in [2.75, 3.05) is 24.7 Å². The van der Waals surface area contributed by atoms with Crippen LogP contribution >= 0.6 is 0 Å².